The van der Waals surface area contributed by atoms with Crippen LogP contribution in [0, 0.1) is 0 Å². The van der Waals surface area contributed by atoms with Crippen LogP contribution in [-0.2, 0) is 16.0 Å². The van der Waals surface area contributed by atoms with Crippen molar-refractivity contribution >= 4 is 22.9 Å². The Kier molecular flexibility index (Phi) is 6.93. The topological polar surface area (TPSA) is 161 Å². The fraction of sp³-hybridized carbons (Fsp3) is 0.455. The molecule has 12 nitrogen and oxygen atoms in total. The first kappa shape index (κ1) is 23.8. The number of nitrogens with two attached hydrogens (primary N) is 1. The lowest BCUT2D eigenvalue weighted by Gasteiger charge is -2.23. The number of amides is 1. The van der Waals surface area contributed by atoms with Gasteiger partial charge in [0.25, 0.3) is 0 Å². The van der Waals surface area contributed by atoms with Gasteiger partial charge in [0.1, 0.15) is 24.3 Å². The molecule has 0 radical (unpaired) electrons. The number of hydrogen-bond acceptors (Lipinski definition) is 10. The zero-order valence-electron chi connectivity index (χ0n) is 19.2. The molecule has 5 atom stereocenters. The molecule has 0 unspecified atom stereocenters. The number of fused-ring (bicyclic) bond motifs is 1. The average Bonchev–Trinajstić information content (AvgIpc) is 3.40. The van der Waals surface area contributed by atoms with Gasteiger partial charge in [0.2, 0.25) is 5.91 Å². The molecule has 3 aromatic rings. The van der Waals surface area contributed by atoms with Crippen molar-refractivity contribution < 1.29 is 24.5 Å². The summed E-state index contributed by atoms with van der Waals surface area (Å²) in [7, 11) is 5.25. The van der Waals surface area contributed by atoms with E-state index >= 15 is 0 Å². The number of aliphatic hydroxyl groups excluding tert-OH is 2. The van der Waals surface area contributed by atoms with E-state index in [9.17, 15) is 15.0 Å². The van der Waals surface area contributed by atoms with E-state index in [1.54, 1.807) is 28.7 Å². The molecule has 1 fully saturated rings. The number of nitrogens with zero attached hydrogens (tertiary/aromatic N) is 5. The predicted octanol–water partition coefficient (Wildman–Crippen LogP) is -0.794. The molecule has 2 aromatic heterocycles. The number of carbonyl (C=O) groups excluding carboxylic acids is 1. The molecule has 0 spiro atoms. The van der Waals surface area contributed by atoms with Crippen LogP contribution < -0.4 is 20.7 Å². The summed E-state index contributed by atoms with van der Waals surface area (Å²) in [4.78, 5) is 27.5. The molecule has 0 saturated carbocycles. The molecule has 12 heteroatoms. The van der Waals surface area contributed by atoms with Gasteiger partial charge in [-0.25, -0.2) is 15.0 Å². The Balaban J connectivity index is 1.49. The second-order valence-electron chi connectivity index (χ2n) is 8.35. The maximum atomic E-state index is 12.8. The van der Waals surface area contributed by atoms with Crippen LogP contribution in [-0.4, -0.2) is 87.7 Å². The van der Waals surface area contributed by atoms with Gasteiger partial charge in [-0.3, -0.25) is 9.36 Å². The molecule has 5 N–H and O–H groups in total. The number of carbonyl (C=O) groups is 1. The second-order valence-corrected chi connectivity index (χ2v) is 8.35. The summed E-state index contributed by atoms with van der Waals surface area (Å²) in [5.74, 6) is 0.861. The third-order valence-electron chi connectivity index (χ3n) is 5.85. The van der Waals surface area contributed by atoms with E-state index in [4.69, 9.17) is 15.2 Å². The van der Waals surface area contributed by atoms with Crippen LogP contribution in [0.25, 0.3) is 11.2 Å². The summed E-state index contributed by atoms with van der Waals surface area (Å²) in [5, 5.41) is 23.6. The lowest BCUT2D eigenvalue weighted by molar-refractivity contribution is -0.124. The molecular weight excluding hydrogens is 442 g/mol. The fourth-order valence-corrected chi connectivity index (χ4v) is 4.04. The monoisotopic (exact) mass is 471 g/mol. The van der Waals surface area contributed by atoms with Crippen molar-refractivity contribution in [2.45, 2.75) is 36.9 Å². The molecule has 0 bridgehead atoms. The first-order valence-electron chi connectivity index (χ1n) is 10.8. The number of ether oxygens (including phenoxy) is 2. The molecule has 182 valence electrons. The Morgan fingerprint density at radius 1 is 1.29 bits per heavy atom. The normalized spacial score (nSPS) is 23.1. The zero-order chi connectivity index (χ0) is 24.4. The summed E-state index contributed by atoms with van der Waals surface area (Å²) in [6.07, 6.45) is 0.250. The summed E-state index contributed by atoms with van der Waals surface area (Å²) >= 11 is 0. The van der Waals surface area contributed by atoms with Gasteiger partial charge in [-0.2, -0.15) is 0 Å². The van der Waals surface area contributed by atoms with Crippen molar-refractivity contribution in [3.05, 3.63) is 42.5 Å². The van der Waals surface area contributed by atoms with E-state index < -0.39 is 43.0 Å². The highest BCUT2D eigenvalue weighted by Crippen LogP contribution is 2.32. The average molecular weight is 472 g/mol. The van der Waals surface area contributed by atoms with E-state index in [2.05, 4.69) is 20.3 Å². The lowest BCUT2D eigenvalue weighted by Crippen LogP contribution is -2.53. The van der Waals surface area contributed by atoms with Crippen molar-refractivity contribution in [1.29, 1.82) is 0 Å². The number of benzene rings is 1. The minimum atomic E-state index is -1.18. The van der Waals surface area contributed by atoms with E-state index in [-0.39, 0.29) is 0 Å². The lowest BCUT2D eigenvalue weighted by atomic mass is 10.0. The number of aliphatic hydroxyl groups is 2. The Morgan fingerprint density at radius 2 is 2.03 bits per heavy atom. The maximum absolute atomic E-state index is 12.8. The quantitative estimate of drug-likeness (QED) is 0.328. The number of aromatic nitrogens is 4. The van der Waals surface area contributed by atoms with Gasteiger partial charge >= 0.3 is 0 Å². The zero-order valence-corrected chi connectivity index (χ0v) is 19.2. The minimum absolute atomic E-state index is 0.295. The highest BCUT2D eigenvalue weighted by Gasteiger charge is 2.46. The van der Waals surface area contributed by atoms with Crippen molar-refractivity contribution in [3.8, 4) is 5.75 Å². The van der Waals surface area contributed by atoms with E-state index in [1.165, 1.54) is 12.7 Å². The third kappa shape index (κ3) is 4.53. The van der Waals surface area contributed by atoms with E-state index in [0.717, 1.165) is 5.56 Å². The van der Waals surface area contributed by atoms with E-state index in [0.29, 0.717) is 29.2 Å². The molecule has 1 saturated heterocycles. The van der Waals surface area contributed by atoms with Gasteiger partial charge < -0.3 is 35.6 Å². The molecule has 34 heavy (non-hydrogen) atoms. The Bertz CT molecular complexity index is 1140. The van der Waals surface area contributed by atoms with Crippen LogP contribution in [0.4, 0.5) is 5.82 Å². The number of hydrogen-bond donors (Lipinski definition) is 4. The van der Waals surface area contributed by atoms with Crippen molar-refractivity contribution in [1.82, 2.24) is 24.8 Å². The summed E-state index contributed by atoms with van der Waals surface area (Å²) in [6.45, 7) is -0.406. The van der Waals surface area contributed by atoms with Gasteiger partial charge in [0, 0.05) is 14.1 Å². The number of imidazole rings is 1. The molecule has 0 aliphatic carbocycles. The summed E-state index contributed by atoms with van der Waals surface area (Å²) in [6, 6.07) is 5.52. The molecule has 3 heterocycles. The Morgan fingerprint density at radius 3 is 2.68 bits per heavy atom. The number of rotatable bonds is 8. The van der Waals surface area contributed by atoms with Crippen LogP contribution in [0.3, 0.4) is 0 Å². The fourth-order valence-electron chi connectivity index (χ4n) is 4.04. The molecule has 1 aliphatic rings. The highest BCUT2D eigenvalue weighted by atomic mass is 16.5. The van der Waals surface area contributed by atoms with Gasteiger partial charge in [-0.15, -0.1) is 0 Å². The van der Waals surface area contributed by atoms with Gasteiger partial charge in [-0.1, -0.05) is 12.1 Å². The van der Waals surface area contributed by atoms with Gasteiger partial charge in [0.05, 0.1) is 32.1 Å². The largest absolute Gasteiger partial charge is 0.497 e. The smallest absolute Gasteiger partial charge is 0.237 e. The highest BCUT2D eigenvalue weighted by molar-refractivity contribution is 5.83. The Hall–Kier alpha value is -3.32. The first-order valence-corrected chi connectivity index (χ1v) is 10.8. The second kappa shape index (κ2) is 9.89. The maximum Gasteiger partial charge on any atom is 0.237 e. The number of nitrogens with one attached hydrogen (secondary N) is 1. The minimum Gasteiger partial charge on any atom is -0.497 e. The van der Waals surface area contributed by atoms with Crippen molar-refractivity contribution in [2.24, 2.45) is 5.73 Å². The molecular formula is C22H29N7O5. The Labute approximate surface area is 196 Å². The molecule has 1 amide bonds. The summed E-state index contributed by atoms with van der Waals surface area (Å²) < 4.78 is 12.6. The van der Waals surface area contributed by atoms with Crippen LogP contribution >= 0.6 is 0 Å². The SMILES string of the molecule is COc1ccc(C[C@@H](N)C(=O)N[C@@H]2[C@@H](O)[C@H](n3cnc4c(N(C)C)ncnc43)O[C@@H]2CO)cc1. The molecule has 4 rings (SSSR count). The predicted molar refractivity (Wildman–Crippen MR) is 123 cm³/mol. The van der Waals surface area contributed by atoms with Crippen LogP contribution in [0.2, 0.25) is 0 Å². The van der Waals surface area contributed by atoms with Crippen LogP contribution in [0.1, 0.15) is 11.8 Å². The molecule has 1 aromatic carbocycles. The molecule has 1 aliphatic heterocycles. The standard InChI is InChI=1S/C22H29N7O5/c1-28(2)19-17-20(25-10-24-19)29(11-26-17)22-18(31)16(15(9-30)34-22)27-21(32)14(23)8-12-4-6-13(33-3)7-5-12/h4-7,10-11,14-16,18,22,30-31H,8-9,23H2,1-3H3,(H,27,32)/t14-,15-,16+,18-,22-/m1/s1. The van der Waals surface area contributed by atoms with E-state index in [1.807, 2.05) is 26.2 Å². The van der Waals surface area contributed by atoms with Gasteiger partial charge in [0.15, 0.2) is 23.2 Å². The van der Waals surface area contributed by atoms with Crippen LogP contribution in [0.15, 0.2) is 36.9 Å². The van der Waals surface area contributed by atoms with Crippen molar-refractivity contribution in [3.63, 3.8) is 0 Å². The number of anilines is 1. The van der Waals surface area contributed by atoms with Crippen molar-refractivity contribution in [2.75, 3.05) is 32.7 Å². The van der Waals surface area contributed by atoms with Gasteiger partial charge in [-0.05, 0) is 24.1 Å². The summed E-state index contributed by atoms with van der Waals surface area (Å²) in [5.41, 5.74) is 7.98. The van der Waals surface area contributed by atoms with Crippen LogP contribution in [0.5, 0.6) is 5.75 Å². The third-order valence-corrected chi connectivity index (χ3v) is 5.85. The number of methoxy groups -OCH3 is 1. The first-order chi connectivity index (χ1) is 16.3.